The van der Waals surface area contributed by atoms with Gasteiger partial charge in [0.05, 0.1) is 26.3 Å². The predicted molar refractivity (Wildman–Crippen MR) is 91.0 cm³/mol. The number of hydrogen-bond donors (Lipinski definition) is 2. The van der Waals surface area contributed by atoms with Crippen molar-refractivity contribution < 1.29 is 33.4 Å². The Kier molecular flexibility index (Phi) is 6.93. The van der Waals surface area contributed by atoms with E-state index in [-0.39, 0.29) is 23.6 Å². The lowest BCUT2D eigenvalue weighted by molar-refractivity contribution is -0.123. The largest absolute Gasteiger partial charge is 0.492 e. The van der Waals surface area contributed by atoms with Gasteiger partial charge in [0.2, 0.25) is 17.5 Å². The van der Waals surface area contributed by atoms with Crippen molar-refractivity contribution in [3.63, 3.8) is 0 Å². The number of ketones is 2. The Bertz CT molecular complexity index is 671. The van der Waals surface area contributed by atoms with Gasteiger partial charge >= 0.3 is 6.09 Å². The normalized spacial score (nSPS) is 15.8. The predicted octanol–water partition coefficient (Wildman–Crippen LogP) is 0.598. The van der Waals surface area contributed by atoms with E-state index in [0.29, 0.717) is 0 Å². The minimum Gasteiger partial charge on any atom is -0.492 e. The molecule has 1 rings (SSSR count). The molecule has 1 atom stereocenters. The number of methoxy groups -OCH3 is 2. The van der Waals surface area contributed by atoms with Crippen LogP contribution in [-0.4, -0.2) is 56.0 Å². The molecule has 0 bridgehead atoms. The zero-order chi connectivity index (χ0) is 20.1. The molecule has 0 spiro atoms. The molecule has 9 heteroatoms. The van der Waals surface area contributed by atoms with Crippen molar-refractivity contribution in [2.24, 2.45) is 0 Å². The summed E-state index contributed by atoms with van der Waals surface area (Å²) in [4.78, 5) is 48.0. The minimum atomic E-state index is -0.914. The number of hydrogen-bond acceptors (Lipinski definition) is 7. The van der Waals surface area contributed by atoms with Gasteiger partial charge in [-0.1, -0.05) is 0 Å². The van der Waals surface area contributed by atoms with E-state index >= 15 is 0 Å². The smallest absolute Gasteiger partial charge is 0.408 e. The highest BCUT2D eigenvalue weighted by Crippen LogP contribution is 2.19. The van der Waals surface area contributed by atoms with Crippen LogP contribution in [0, 0.1) is 0 Å². The maximum absolute atomic E-state index is 12.3. The Morgan fingerprint density at radius 2 is 1.77 bits per heavy atom. The van der Waals surface area contributed by atoms with E-state index in [0.717, 1.165) is 6.08 Å². The van der Waals surface area contributed by atoms with Crippen LogP contribution in [-0.2, 0) is 28.6 Å². The highest BCUT2D eigenvalue weighted by Gasteiger charge is 2.31. The fourth-order valence-electron chi connectivity index (χ4n) is 2.07. The molecule has 0 heterocycles. The van der Waals surface area contributed by atoms with Crippen molar-refractivity contribution in [1.29, 1.82) is 0 Å². The molecule has 0 saturated carbocycles. The second-order valence-electron chi connectivity index (χ2n) is 6.50. The first-order valence-electron chi connectivity index (χ1n) is 7.89. The van der Waals surface area contributed by atoms with Crippen molar-refractivity contribution in [2.75, 3.05) is 20.8 Å². The van der Waals surface area contributed by atoms with E-state index in [2.05, 4.69) is 10.6 Å². The third-order valence-electron chi connectivity index (χ3n) is 3.25. The summed E-state index contributed by atoms with van der Waals surface area (Å²) >= 11 is 0. The SMILES string of the molecule is COC1=CC(=O)C(OC)=C(CNC(=O)[C@H](C)NC(=O)OC(C)(C)C)C1=O. The highest BCUT2D eigenvalue weighted by atomic mass is 16.6. The summed E-state index contributed by atoms with van der Waals surface area (Å²) in [6, 6.07) is -0.914. The first-order valence-corrected chi connectivity index (χ1v) is 7.89. The van der Waals surface area contributed by atoms with Gasteiger partial charge in [0.15, 0.2) is 11.5 Å². The maximum Gasteiger partial charge on any atom is 0.408 e. The average Bonchev–Trinajstić information content (AvgIpc) is 2.52. The Hall–Kier alpha value is -2.84. The third-order valence-corrected chi connectivity index (χ3v) is 3.25. The lowest BCUT2D eigenvalue weighted by atomic mass is 9.99. The minimum absolute atomic E-state index is 0.0327. The van der Waals surface area contributed by atoms with Gasteiger partial charge in [0.25, 0.3) is 0 Å². The van der Waals surface area contributed by atoms with Gasteiger partial charge < -0.3 is 24.8 Å². The summed E-state index contributed by atoms with van der Waals surface area (Å²) in [7, 11) is 2.51. The lowest BCUT2D eigenvalue weighted by Gasteiger charge is -2.22. The molecule has 9 nitrogen and oxygen atoms in total. The molecule has 26 heavy (non-hydrogen) atoms. The monoisotopic (exact) mass is 368 g/mol. The van der Waals surface area contributed by atoms with Crippen LogP contribution in [0.5, 0.6) is 0 Å². The van der Waals surface area contributed by atoms with Crippen molar-refractivity contribution in [3.8, 4) is 0 Å². The first kappa shape index (κ1) is 21.2. The summed E-state index contributed by atoms with van der Waals surface area (Å²) in [6.07, 6.45) is 0.282. The van der Waals surface area contributed by atoms with Crippen molar-refractivity contribution in [1.82, 2.24) is 10.6 Å². The summed E-state index contributed by atoms with van der Waals surface area (Å²) in [5.41, 5.74) is -0.731. The Balaban J connectivity index is 2.74. The molecule has 144 valence electrons. The number of Topliss-reactive ketones (excluding diaryl/α,β-unsaturated/α-hetero) is 1. The number of allylic oxidation sites excluding steroid dienone is 2. The second-order valence-corrected chi connectivity index (χ2v) is 6.50. The van der Waals surface area contributed by atoms with Crippen LogP contribution in [0.25, 0.3) is 0 Å². The number of carbonyl (C=O) groups is 4. The van der Waals surface area contributed by atoms with Gasteiger partial charge in [-0.25, -0.2) is 4.79 Å². The van der Waals surface area contributed by atoms with Crippen LogP contribution in [0.3, 0.4) is 0 Å². The fraction of sp³-hybridized carbons (Fsp3) is 0.529. The Morgan fingerprint density at radius 3 is 2.27 bits per heavy atom. The van der Waals surface area contributed by atoms with Crippen molar-refractivity contribution >= 4 is 23.6 Å². The third kappa shape index (κ3) is 5.61. The van der Waals surface area contributed by atoms with E-state index in [1.807, 2.05) is 0 Å². The molecule has 2 amide bonds. The summed E-state index contributed by atoms with van der Waals surface area (Å²) < 4.78 is 14.9. The van der Waals surface area contributed by atoms with Gasteiger partial charge in [-0.2, -0.15) is 0 Å². The van der Waals surface area contributed by atoms with Crippen LogP contribution in [0.2, 0.25) is 0 Å². The van der Waals surface area contributed by atoms with E-state index in [1.54, 1.807) is 20.8 Å². The molecular formula is C17H24N2O7. The van der Waals surface area contributed by atoms with Crippen molar-refractivity contribution in [2.45, 2.75) is 39.3 Å². The molecule has 0 aromatic rings. The fourth-order valence-corrected chi connectivity index (χ4v) is 2.07. The molecule has 0 aromatic heterocycles. The summed E-state index contributed by atoms with van der Waals surface area (Å²) in [6.45, 7) is 6.29. The van der Waals surface area contributed by atoms with E-state index in [9.17, 15) is 19.2 Å². The van der Waals surface area contributed by atoms with Crippen LogP contribution < -0.4 is 10.6 Å². The topological polar surface area (TPSA) is 120 Å². The molecule has 0 fully saturated rings. The van der Waals surface area contributed by atoms with E-state index in [4.69, 9.17) is 14.2 Å². The quantitative estimate of drug-likeness (QED) is 0.659. The second kappa shape index (κ2) is 8.50. The number of nitrogens with one attached hydrogen (secondary N) is 2. The number of carbonyl (C=O) groups excluding carboxylic acids is 4. The van der Waals surface area contributed by atoms with Gasteiger partial charge in [-0.15, -0.1) is 0 Å². The molecule has 0 aromatic carbocycles. The standard InChI is InChI=1S/C17H24N2O7/c1-9(19-16(23)26-17(2,3)4)15(22)18-8-10-13(21)12(24-5)7-11(20)14(10)25-6/h7,9H,8H2,1-6H3,(H,18,22)(H,19,23)/t9-/m0/s1. The van der Waals surface area contributed by atoms with Crippen LogP contribution >= 0.6 is 0 Å². The molecule has 0 unspecified atom stereocenters. The van der Waals surface area contributed by atoms with Gasteiger partial charge in [0, 0.05) is 6.08 Å². The number of amides is 2. The van der Waals surface area contributed by atoms with Crippen LogP contribution in [0.1, 0.15) is 27.7 Å². The molecule has 2 N–H and O–H groups in total. The highest BCUT2D eigenvalue weighted by molar-refractivity contribution is 6.21. The molecule has 0 aliphatic heterocycles. The molecule has 0 radical (unpaired) electrons. The van der Waals surface area contributed by atoms with Gasteiger partial charge in [-0.05, 0) is 27.7 Å². The van der Waals surface area contributed by atoms with E-state index < -0.39 is 35.2 Å². The van der Waals surface area contributed by atoms with Gasteiger partial charge in [-0.3, -0.25) is 14.4 Å². The summed E-state index contributed by atoms with van der Waals surface area (Å²) in [5.74, 6) is -1.96. The lowest BCUT2D eigenvalue weighted by Crippen LogP contribution is -2.47. The van der Waals surface area contributed by atoms with Crippen molar-refractivity contribution in [3.05, 3.63) is 23.2 Å². The first-order chi connectivity index (χ1) is 12.0. The maximum atomic E-state index is 12.3. The Labute approximate surface area is 151 Å². The van der Waals surface area contributed by atoms with Crippen LogP contribution in [0.4, 0.5) is 4.79 Å². The molecule has 0 saturated heterocycles. The van der Waals surface area contributed by atoms with Crippen LogP contribution in [0.15, 0.2) is 23.2 Å². The molecule has 1 aliphatic carbocycles. The zero-order valence-corrected chi connectivity index (χ0v) is 15.7. The molecular weight excluding hydrogens is 344 g/mol. The number of alkyl carbamates (subject to hydrolysis) is 1. The average molecular weight is 368 g/mol. The summed E-state index contributed by atoms with van der Waals surface area (Å²) in [5, 5.41) is 4.86. The van der Waals surface area contributed by atoms with Gasteiger partial charge in [0.1, 0.15) is 11.6 Å². The Morgan fingerprint density at radius 1 is 1.15 bits per heavy atom. The molecule has 1 aliphatic rings. The number of rotatable bonds is 6. The zero-order valence-electron chi connectivity index (χ0n) is 15.7. The number of ether oxygens (including phenoxy) is 3. The van der Waals surface area contributed by atoms with E-state index in [1.165, 1.54) is 21.1 Å².